The maximum absolute atomic E-state index is 11.0. The largest absolute Gasteiger partial charge is 0.508 e. The standard InChI is InChI=1S/C18H17N3O4/c1-12-2-4-13(5-3-12)18-20-15(11-25-18)10-19-9-14-8-16(22)6-7-17(14)21(23)24/h2-8,11,19,22H,9-10H2,1H3. The van der Waals surface area contributed by atoms with Gasteiger partial charge in [-0.3, -0.25) is 10.1 Å². The molecule has 128 valence electrons. The van der Waals surface area contributed by atoms with Crippen molar-refractivity contribution < 1.29 is 14.4 Å². The van der Waals surface area contributed by atoms with Crippen LogP contribution in [0, 0.1) is 17.0 Å². The topological polar surface area (TPSA) is 101 Å². The first kappa shape index (κ1) is 16.7. The average Bonchev–Trinajstić information content (AvgIpc) is 3.04. The second kappa shape index (κ2) is 7.14. The van der Waals surface area contributed by atoms with Gasteiger partial charge >= 0.3 is 0 Å². The number of nitrogens with zero attached hydrogens (tertiary/aromatic N) is 2. The molecule has 0 amide bonds. The van der Waals surface area contributed by atoms with Crippen molar-refractivity contribution in [2.45, 2.75) is 20.0 Å². The average molecular weight is 339 g/mol. The van der Waals surface area contributed by atoms with E-state index in [0.717, 1.165) is 11.1 Å². The Morgan fingerprint density at radius 2 is 1.96 bits per heavy atom. The van der Waals surface area contributed by atoms with Gasteiger partial charge in [0.1, 0.15) is 12.0 Å². The van der Waals surface area contributed by atoms with Gasteiger partial charge in [-0.1, -0.05) is 17.7 Å². The minimum atomic E-state index is -0.470. The molecule has 0 aliphatic heterocycles. The predicted octanol–water partition coefficient (Wildman–Crippen LogP) is 3.55. The summed E-state index contributed by atoms with van der Waals surface area (Å²) in [6.07, 6.45) is 1.55. The highest BCUT2D eigenvalue weighted by Crippen LogP contribution is 2.23. The molecule has 0 radical (unpaired) electrons. The fraction of sp³-hybridized carbons (Fsp3) is 0.167. The van der Waals surface area contributed by atoms with Crippen LogP contribution in [0.25, 0.3) is 11.5 Å². The lowest BCUT2D eigenvalue weighted by atomic mass is 10.1. The van der Waals surface area contributed by atoms with Crippen molar-refractivity contribution >= 4 is 5.69 Å². The third-order valence-electron chi connectivity index (χ3n) is 3.73. The molecule has 3 rings (SSSR count). The van der Waals surface area contributed by atoms with Gasteiger partial charge in [0.2, 0.25) is 5.89 Å². The number of oxazole rings is 1. The highest BCUT2D eigenvalue weighted by Gasteiger charge is 2.14. The fourth-order valence-electron chi connectivity index (χ4n) is 2.43. The SMILES string of the molecule is Cc1ccc(-c2nc(CNCc3cc(O)ccc3[N+](=O)[O-])co2)cc1. The van der Waals surface area contributed by atoms with Gasteiger partial charge in [-0.2, -0.15) is 0 Å². The summed E-state index contributed by atoms with van der Waals surface area (Å²) in [7, 11) is 0. The molecule has 1 heterocycles. The first-order valence-corrected chi connectivity index (χ1v) is 7.71. The van der Waals surface area contributed by atoms with E-state index in [0.29, 0.717) is 23.7 Å². The lowest BCUT2D eigenvalue weighted by molar-refractivity contribution is -0.385. The third kappa shape index (κ3) is 4.02. The maximum Gasteiger partial charge on any atom is 0.274 e. The number of rotatable bonds is 6. The van der Waals surface area contributed by atoms with Crippen LogP contribution >= 0.6 is 0 Å². The molecule has 0 bridgehead atoms. The smallest absolute Gasteiger partial charge is 0.274 e. The molecule has 3 aromatic rings. The molecule has 25 heavy (non-hydrogen) atoms. The molecule has 7 nitrogen and oxygen atoms in total. The van der Waals surface area contributed by atoms with Crippen LogP contribution in [0.4, 0.5) is 5.69 Å². The van der Waals surface area contributed by atoms with E-state index in [1.54, 1.807) is 6.26 Å². The second-order valence-corrected chi connectivity index (χ2v) is 5.68. The number of phenols is 1. The van der Waals surface area contributed by atoms with Crippen LogP contribution in [-0.2, 0) is 13.1 Å². The summed E-state index contributed by atoms with van der Waals surface area (Å²) in [6.45, 7) is 2.63. The summed E-state index contributed by atoms with van der Waals surface area (Å²) < 4.78 is 5.48. The first-order valence-electron chi connectivity index (χ1n) is 7.71. The van der Waals surface area contributed by atoms with Gasteiger partial charge in [0, 0.05) is 30.3 Å². The Labute approximate surface area is 144 Å². The van der Waals surface area contributed by atoms with E-state index < -0.39 is 4.92 Å². The van der Waals surface area contributed by atoms with Crippen molar-refractivity contribution in [2.24, 2.45) is 0 Å². The minimum Gasteiger partial charge on any atom is -0.508 e. The van der Waals surface area contributed by atoms with Gasteiger partial charge in [-0.05, 0) is 31.2 Å². The Morgan fingerprint density at radius 1 is 1.20 bits per heavy atom. The first-order chi connectivity index (χ1) is 12.0. The Morgan fingerprint density at radius 3 is 2.68 bits per heavy atom. The van der Waals surface area contributed by atoms with Crippen LogP contribution in [0.3, 0.4) is 0 Å². The van der Waals surface area contributed by atoms with E-state index >= 15 is 0 Å². The predicted molar refractivity (Wildman–Crippen MR) is 92.0 cm³/mol. The summed E-state index contributed by atoms with van der Waals surface area (Å²) in [5, 5.41) is 23.6. The molecular formula is C18H17N3O4. The highest BCUT2D eigenvalue weighted by molar-refractivity contribution is 5.53. The number of nitrogens with one attached hydrogen (secondary N) is 1. The number of phenolic OH excluding ortho intramolecular Hbond substituents is 1. The number of hydrogen-bond acceptors (Lipinski definition) is 6. The molecule has 0 saturated heterocycles. The van der Waals surface area contributed by atoms with Crippen molar-refractivity contribution in [2.75, 3.05) is 0 Å². The number of aromatic hydroxyl groups is 1. The van der Waals surface area contributed by atoms with Crippen LogP contribution in [0.15, 0.2) is 53.1 Å². The molecule has 0 spiro atoms. The van der Waals surface area contributed by atoms with Crippen molar-refractivity contribution in [1.82, 2.24) is 10.3 Å². The van der Waals surface area contributed by atoms with Gasteiger partial charge in [0.25, 0.3) is 5.69 Å². The summed E-state index contributed by atoms with van der Waals surface area (Å²) in [5.41, 5.74) is 3.11. The zero-order valence-corrected chi connectivity index (χ0v) is 13.6. The Balaban J connectivity index is 1.64. The van der Waals surface area contributed by atoms with E-state index in [9.17, 15) is 15.2 Å². The van der Waals surface area contributed by atoms with Crippen LogP contribution < -0.4 is 5.32 Å². The van der Waals surface area contributed by atoms with Gasteiger partial charge in [-0.15, -0.1) is 0 Å². The van der Waals surface area contributed by atoms with E-state index in [-0.39, 0.29) is 18.0 Å². The Bertz CT molecular complexity index is 888. The number of nitro groups is 1. The fourth-order valence-corrected chi connectivity index (χ4v) is 2.43. The number of aromatic nitrogens is 1. The van der Waals surface area contributed by atoms with Gasteiger partial charge in [0.15, 0.2) is 0 Å². The van der Waals surface area contributed by atoms with Crippen molar-refractivity contribution in [3.63, 3.8) is 0 Å². The number of nitro benzene ring substituents is 1. The van der Waals surface area contributed by atoms with Crippen LogP contribution in [0.5, 0.6) is 5.75 Å². The third-order valence-corrected chi connectivity index (χ3v) is 3.73. The zero-order chi connectivity index (χ0) is 17.8. The van der Waals surface area contributed by atoms with Gasteiger partial charge in [-0.25, -0.2) is 4.98 Å². The molecular weight excluding hydrogens is 322 g/mol. The second-order valence-electron chi connectivity index (χ2n) is 5.68. The molecule has 0 aliphatic carbocycles. The van der Waals surface area contributed by atoms with Gasteiger partial charge < -0.3 is 14.8 Å². The quantitative estimate of drug-likeness (QED) is 0.526. The molecule has 0 saturated carbocycles. The number of benzene rings is 2. The van der Waals surface area contributed by atoms with E-state index in [2.05, 4.69) is 10.3 Å². The highest BCUT2D eigenvalue weighted by atomic mass is 16.6. The maximum atomic E-state index is 11.0. The van der Waals surface area contributed by atoms with Crippen LogP contribution in [0.2, 0.25) is 0 Å². The van der Waals surface area contributed by atoms with Crippen molar-refractivity contribution in [1.29, 1.82) is 0 Å². The lowest BCUT2D eigenvalue weighted by Gasteiger charge is -2.04. The summed E-state index contributed by atoms with van der Waals surface area (Å²) in [5.74, 6) is 0.519. The summed E-state index contributed by atoms with van der Waals surface area (Å²) in [6, 6.07) is 11.8. The molecule has 7 heteroatoms. The Kier molecular flexibility index (Phi) is 4.76. The summed E-state index contributed by atoms with van der Waals surface area (Å²) >= 11 is 0. The monoisotopic (exact) mass is 339 g/mol. The van der Waals surface area contributed by atoms with Crippen LogP contribution in [0.1, 0.15) is 16.8 Å². The van der Waals surface area contributed by atoms with Crippen LogP contribution in [-0.4, -0.2) is 15.0 Å². The molecule has 0 fully saturated rings. The van der Waals surface area contributed by atoms with E-state index in [1.165, 1.54) is 18.2 Å². The number of hydrogen-bond donors (Lipinski definition) is 2. The zero-order valence-electron chi connectivity index (χ0n) is 13.6. The molecule has 0 unspecified atom stereocenters. The molecule has 0 aliphatic rings. The van der Waals surface area contributed by atoms with Gasteiger partial charge in [0.05, 0.1) is 10.6 Å². The lowest BCUT2D eigenvalue weighted by Crippen LogP contribution is -2.14. The minimum absolute atomic E-state index is 0.00880. The molecule has 0 atom stereocenters. The number of aryl methyl sites for hydroxylation is 1. The van der Waals surface area contributed by atoms with E-state index in [1.807, 2.05) is 31.2 Å². The Hall–Kier alpha value is -3.19. The molecule has 2 N–H and O–H groups in total. The van der Waals surface area contributed by atoms with Crippen molar-refractivity contribution in [3.8, 4) is 17.2 Å². The van der Waals surface area contributed by atoms with Crippen molar-refractivity contribution in [3.05, 3.63) is 75.7 Å². The normalized spacial score (nSPS) is 10.8. The van der Waals surface area contributed by atoms with E-state index in [4.69, 9.17) is 4.42 Å². The molecule has 1 aromatic heterocycles. The molecule has 2 aromatic carbocycles. The summed E-state index contributed by atoms with van der Waals surface area (Å²) in [4.78, 5) is 15.0.